The molecule has 50 valence electrons. The van der Waals surface area contributed by atoms with Crippen molar-refractivity contribution in [3.8, 4) is 0 Å². The normalized spacial score (nSPS) is 7.62. The maximum Gasteiger partial charge on any atom is 0.300 e. The van der Waals surface area contributed by atoms with Crippen LogP contribution in [0.5, 0.6) is 0 Å². The zero-order valence-corrected chi connectivity index (χ0v) is 5.51. The topological polar surface area (TPSA) is 63.3 Å². The third-order valence-electron chi connectivity index (χ3n) is 0. The highest BCUT2D eigenvalue weighted by molar-refractivity contribution is 5.62. The predicted octanol–water partition coefficient (Wildman–Crippen LogP) is 0.444. The standard InChI is InChI=1S/C3H9N.C2H4O2/c1-3(2)4;1-2(3)4/h3H,4H2,1-2H3;1H3,(H,3,4). The maximum absolute atomic E-state index is 9.00. The number of carboxylic acids is 1. The molecule has 0 aromatic heterocycles. The molecule has 3 N–H and O–H groups in total. The maximum atomic E-state index is 9.00. The minimum atomic E-state index is -0.833. The van der Waals surface area contributed by atoms with E-state index in [2.05, 4.69) is 0 Å². The highest BCUT2D eigenvalue weighted by atomic mass is 16.4. The number of rotatable bonds is 0. The summed E-state index contributed by atoms with van der Waals surface area (Å²) in [6, 6.07) is 0.333. The van der Waals surface area contributed by atoms with Crippen LogP contribution in [0.1, 0.15) is 20.8 Å². The molecule has 0 aliphatic heterocycles. The first kappa shape index (κ1) is 10.4. The van der Waals surface area contributed by atoms with Gasteiger partial charge in [0, 0.05) is 6.92 Å². The largest absolute Gasteiger partial charge is 0.481 e. The first-order valence-corrected chi connectivity index (χ1v) is 2.42. The molecular weight excluding hydrogens is 106 g/mol. The number of carbonyl (C=O) groups is 1. The quantitative estimate of drug-likeness (QED) is 0.486. The Morgan fingerprint density at radius 3 is 1.62 bits per heavy atom. The molecule has 3 heteroatoms. The molecule has 0 fully saturated rings. The summed E-state index contributed by atoms with van der Waals surface area (Å²) in [5, 5.41) is 7.42. The van der Waals surface area contributed by atoms with E-state index in [-0.39, 0.29) is 0 Å². The molecule has 0 aliphatic rings. The first-order chi connectivity index (χ1) is 3.46. The molecule has 3 nitrogen and oxygen atoms in total. The van der Waals surface area contributed by atoms with Crippen LogP contribution in [0.4, 0.5) is 0 Å². The fourth-order valence-corrected chi connectivity index (χ4v) is 0. The van der Waals surface area contributed by atoms with Gasteiger partial charge in [0.15, 0.2) is 0 Å². The molecule has 0 spiro atoms. The van der Waals surface area contributed by atoms with E-state index in [1.54, 1.807) is 0 Å². The molecule has 0 aromatic rings. The van der Waals surface area contributed by atoms with Gasteiger partial charge in [0.2, 0.25) is 0 Å². The van der Waals surface area contributed by atoms with Gasteiger partial charge in [-0.1, -0.05) is 13.8 Å². The summed E-state index contributed by atoms with van der Waals surface area (Å²) in [6.07, 6.45) is 0. The second-order valence-electron chi connectivity index (χ2n) is 1.76. The van der Waals surface area contributed by atoms with Crippen molar-refractivity contribution < 1.29 is 9.90 Å². The van der Waals surface area contributed by atoms with Gasteiger partial charge in [-0.3, -0.25) is 4.79 Å². The third-order valence-corrected chi connectivity index (χ3v) is 0. The first-order valence-electron chi connectivity index (χ1n) is 2.42. The minimum Gasteiger partial charge on any atom is -0.481 e. The number of carboxylic acid groups (broad SMARTS) is 1. The van der Waals surface area contributed by atoms with Gasteiger partial charge in [-0.2, -0.15) is 0 Å². The van der Waals surface area contributed by atoms with Gasteiger partial charge in [0.1, 0.15) is 0 Å². The van der Waals surface area contributed by atoms with Crippen molar-refractivity contribution in [1.29, 1.82) is 0 Å². The lowest BCUT2D eigenvalue weighted by Gasteiger charge is -1.81. The summed E-state index contributed by atoms with van der Waals surface area (Å²) in [4.78, 5) is 9.00. The summed E-state index contributed by atoms with van der Waals surface area (Å²) in [5.41, 5.74) is 5.11. The number of hydrogen-bond donors (Lipinski definition) is 2. The molecule has 0 saturated heterocycles. The molecule has 0 unspecified atom stereocenters. The summed E-state index contributed by atoms with van der Waals surface area (Å²) in [7, 11) is 0. The van der Waals surface area contributed by atoms with Crippen LogP contribution in [-0.2, 0) is 4.79 Å². The molecule has 0 aliphatic carbocycles. The van der Waals surface area contributed by atoms with Crippen LogP contribution in [0.15, 0.2) is 0 Å². The van der Waals surface area contributed by atoms with Crippen LogP contribution in [0, 0.1) is 0 Å². The van der Waals surface area contributed by atoms with Crippen LogP contribution in [0.3, 0.4) is 0 Å². The summed E-state index contributed by atoms with van der Waals surface area (Å²) in [6.45, 7) is 4.97. The lowest BCUT2D eigenvalue weighted by Crippen LogP contribution is -2.06. The lowest BCUT2D eigenvalue weighted by atomic mass is 10.5. The van der Waals surface area contributed by atoms with Crippen molar-refractivity contribution in [3.05, 3.63) is 0 Å². The Balaban J connectivity index is 0. The van der Waals surface area contributed by atoms with Crippen LogP contribution in [-0.4, -0.2) is 17.1 Å². The molecule has 0 bridgehead atoms. The molecule has 0 heterocycles. The molecular formula is C5H13NO2. The highest BCUT2D eigenvalue weighted by Gasteiger charge is 1.67. The van der Waals surface area contributed by atoms with Crippen molar-refractivity contribution in [2.45, 2.75) is 26.8 Å². The van der Waals surface area contributed by atoms with Gasteiger partial charge in [-0.15, -0.1) is 0 Å². The van der Waals surface area contributed by atoms with Crippen LogP contribution in [0.2, 0.25) is 0 Å². The molecule has 0 amide bonds. The fraction of sp³-hybridized carbons (Fsp3) is 0.800. The molecule has 0 atom stereocenters. The average Bonchev–Trinajstić information content (AvgIpc) is 1.25. The Kier molecular flexibility index (Phi) is 8.37. The Morgan fingerprint density at radius 2 is 1.62 bits per heavy atom. The second kappa shape index (κ2) is 6.43. The Morgan fingerprint density at radius 1 is 1.62 bits per heavy atom. The zero-order valence-electron chi connectivity index (χ0n) is 5.51. The lowest BCUT2D eigenvalue weighted by molar-refractivity contribution is -0.134. The van der Waals surface area contributed by atoms with Gasteiger partial charge < -0.3 is 10.8 Å². The van der Waals surface area contributed by atoms with Gasteiger partial charge in [0.25, 0.3) is 5.97 Å². The second-order valence-corrected chi connectivity index (χ2v) is 1.76. The number of aliphatic carboxylic acids is 1. The summed E-state index contributed by atoms with van der Waals surface area (Å²) < 4.78 is 0. The monoisotopic (exact) mass is 119 g/mol. The van der Waals surface area contributed by atoms with Gasteiger partial charge in [0.05, 0.1) is 0 Å². The van der Waals surface area contributed by atoms with Crippen LogP contribution in [0.25, 0.3) is 0 Å². The van der Waals surface area contributed by atoms with E-state index >= 15 is 0 Å². The van der Waals surface area contributed by atoms with E-state index in [1.807, 2.05) is 13.8 Å². The average molecular weight is 119 g/mol. The molecule has 0 aromatic carbocycles. The van der Waals surface area contributed by atoms with Crippen molar-refractivity contribution in [2.75, 3.05) is 0 Å². The van der Waals surface area contributed by atoms with E-state index in [9.17, 15) is 0 Å². The van der Waals surface area contributed by atoms with Crippen LogP contribution < -0.4 is 5.73 Å². The molecule has 0 rings (SSSR count). The van der Waals surface area contributed by atoms with Gasteiger partial charge in [-0.05, 0) is 6.04 Å². The fourth-order valence-electron chi connectivity index (χ4n) is 0. The van der Waals surface area contributed by atoms with Gasteiger partial charge in [-0.25, -0.2) is 0 Å². The Labute approximate surface area is 49.5 Å². The van der Waals surface area contributed by atoms with E-state index in [4.69, 9.17) is 15.6 Å². The predicted molar refractivity (Wildman–Crippen MR) is 32.6 cm³/mol. The van der Waals surface area contributed by atoms with E-state index in [0.717, 1.165) is 6.92 Å². The van der Waals surface area contributed by atoms with Crippen LogP contribution >= 0.6 is 0 Å². The van der Waals surface area contributed by atoms with Gasteiger partial charge >= 0.3 is 0 Å². The highest BCUT2D eigenvalue weighted by Crippen LogP contribution is 1.58. The van der Waals surface area contributed by atoms with Crippen molar-refractivity contribution in [3.63, 3.8) is 0 Å². The minimum absolute atomic E-state index is 0.333. The third kappa shape index (κ3) is 328. The van der Waals surface area contributed by atoms with Crippen molar-refractivity contribution in [1.82, 2.24) is 0 Å². The summed E-state index contributed by atoms with van der Waals surface area (Å²) >= 11 is 0. The van der Waals surface area contributed by atoms with E-state index in [1.165, 1.54) is 0 Å². The van der Waals surface area contributed by atoms with E-state index < -0.39 is 5.97 Å². The molecule has 0 radical (unpaired) electrons. The Hall–Kier alpha value is -0.570. The molecule has 0 saturated carbocycles. The van der Waals surface area contributed by atoms with Crippen molar-refractivity contribution >= 4 is 5.97 Å². The van der Waals surface area contributed by atoms with Crippen molar-refractivity contribution in [2.24, 2.45) is 5.73 Å². The van der Waals surface area contributed by atoms with E-state index in [0.29, 0.717) is 6.04 Å². The zero-order chi connectivity index (χ0) is 7.15. The summed E-state index contributed by atoms with van der Waals surface area (Å²) in [5.74, 6) is -0.833. The molecule has 8 heavy (non-hydrogen) atoms. The number of nitrogens with two attached hydrogens (primary N) is 1. The Bertz CT molecular complexity index is 54.7. The number of hydrogen-bond acceptors (Lipinski definition) is 2. The smallest absolute Gasteiger partial charge is 0.300 e. The SMILES string of the molecule is CC(=O)O.CC(C)N.